The predicted molar refractivity (Wildman–Crippen MR) is 156 cm³/mol. The maximum atomic E-state index is 11.8. The predicted octanol–water partition coefficient (Wildman–Crippen LogP) is 3.95. The van der Waals surface area contributed by atoms with Gasteiger partial charge in [-0.25, -0.2) is 9.59 Å². The number of para-hydroxylation sites is 2. The molecule has 11 heteroatoms. The maximum Gasteiger partial charge on any atom is 0.341 e. The Hall–Kier alpha value is -3.22. The number of ether oxygens (including phenoxy) is 8. The first kappa shape index (κ1) is 36.8. The van der Waals surface area contributed by atoms with Crippen LogP contribution in [0.15, 0.2) is 48.5 Å². The van der Waals surface area contributed by atoms with E-state index in [0.29, 0.717) is 95.3 Å². The molecule has 2 aromatic carbocycles. The molecule has 2 aromatic rings. The molecule has 0 amide bonds. The Morgan fingerprint density at radius 2 is 0.929 bits per heavy atom. The van der Waals surface area contributed by atoms with E-state index in [1.54, 1.807) is 56.3 Å². The molecule has 0 unspecified atom stereocenters. The highest BCUT2D eigenvalue weighted by Gasteiger charge is 2.13. The van der Waals surface area contributed by atoms with Crippen LogP contribution in [0.1, 0.15) is 47.9 Å². The van der Waals surface area contributed by atoms with Crippen molar-refractivity contribution in [2.24, 2.45) is 0 Å². The van der Waals surface area contributed by atoms with Crippen molar-refractivity contribution in [3.8, 4) is 11.5 Å². The molecule has 0 heterocycles. The van der Waals surface area contributed by atoms with Crippen molar-refractivity contribution >= 4 is 11.9 Å². The van der Waals surface area contributed by atoms with Crippen LogP contribution < -0.4 is 9.47 Å². The fourth-order valence-corrected chi connectivity index (χ4v) is 3.21. The van der Waals surface area contributed by atoms with Crippen LogP contribution in [0.5, 0.6) is 11.5 Å². The van der Waals surface area contributed by atoms with Gasteiger partial charge in [0.05, 0.1) is 66.1 Å². The summed E-state index contributed by atoms with van der Waals surface area (Å²) < 4.78 is 42.1. The third kappa shape index (κ3) is 16.9. The molecule has 0 aromatic heterocycles. The van der Waals surface area contributed by atoms with Crippen LogP contribution in [0.3, 0.4) is 0 Å². The van der Waals surface area contributed by atoms with Crippen LogP contribution in [-0.4, -0.2) is 103 Å². The van der Waals surface area contributed by atoms with Gasteiger partial charge in [0, 0.05) is 6.61 Å². The van der Waals surface area contributed by atoms with E-state index < -0.39 is 5.97 Å². The molecule has 236 valence electrons. The zero-order chi connectivity index (χ0) is 30.7. The number of aliphatic hydroxyl groups excluding tert-OH is 1. The van der Waals surface area contributed by atoms with Crippen molar-refractivity contribution in [1.82, 2.24) is 0 Å². The van der Waals surface area contributed by atoms with Crippen molar-refractivity contribution in [1.29, 1.82) is 0 Å². The average Bonchev–Trinajstić information content (AvgIpc) is 3.01. The SMILES string of the molecule is CCCOCCOCCOc1ccccc1C(=O)OCC.CCOC(=O)c1ccccc1OCCOCCOCCO. The number of aliphatic hydroxyl groups is 1. The lowest BCUT2D eigenvalue weighted by Gasteiger charge is -2.11. The third-order valence-electron chi connectivity index (χ3n) is 5.06. The van der Waals surface area contributed by atoms with Gasteiger partial charge in [-0.15, -0.1) is 0 Å². The van der Waals surface area contributed by atoms with Gasteiger partial charge in [0.1, 0.15) is 35.8 Å². The molecule has 0 atom stereocenters. The van der Waals surface area contributed by atoms with Crippen LogP contribution in [0.4, 0.5) is 0 Å². The molecule has 0 fully saturated rings. The number of hydrogen-bond acceptors (Lipinski definition) is 11. The van der Waals surface area contributed by atoms with Crippen LogP contribution >= 0.6 is 0 Å². The highest BCUT2D eigenvalue weighted by molar-refractivity contribution is 5.93. The van der Waals surface area contributed by atoms with E-state index in [1.165, 1.54) is 0 Å². The van der Waals surface area contributed by atoms with Gasteiger partial charge in [-0.2, -0.15) is 0 Å². The molecule has 42 heavy (non-hydrogen) atoms. The largest absolute Gasteiger partial charge is 0.490 e. The quantitative estimate of drug-likeness (QED) is 0.157. The smallest absolute Gasteiger partial charge is 0.341 e. The summed E-state index contributed by atoms with van der Waals surface area (Å²) >= 11 is 0. The van der Waals surface area contributed by atoms with E-state index >= 15 is 0 Å². The van der Waals surface area contributed by atoms with Crippen molar-refractivity contribution in [3.05, 3.63) is 59.7 Å². The van der Waals surface area contributed by atoms with Gasteiger partial charge in [0.25, 0.3) is 0 Å². The second-order valence-corrected chi connectivity index (χ2v) is 8.30. The minimum absolute atomic E-state index is 0.00769. The number of hydrogen-bond donors (Lipinski definition) is 1. The maximum absolute atomic E-state index is 11.8. The highest BCUT2D eigenvalue weighted by Crippen LogP contribution is 2.19. The van der Waals surface area contributed by atoms with Gasteiger partial charge in [-0.3, -0.25) is 0 Å². The first-order valence-electron chi connectivity index (χ1n) is 14.3. The monoisotopic (exact) mass is 594 g/mol. The molecule has 0 spiro atoms. The summed E-state index contributed by atoms with van der Waals surface area (Å²) in [5, 5.41) is 8.52. The zero-order valence-electron chi connectivity index (χ0n) is 25.0. The summed E-state index contributed by atoms with van der Waals surface area (Å²) in [7, 11) is 0. The molecule has 0 bridgehead atoms. The number of esters is 2. The molecular weight excluding hydrogens is 548 g/mol. The van der Waals surface area contributed by atoms with E-state index in [-0.39, 0.29) is 12.6 Å². The van der Waals surface area contributed by atoms with Crippen molar-refractivity contribution in [2.45, 2.75) is 27.2 Å². The summed E-state index contributed by atoms with van der Waals surface area (Å²) in [5.41, 5.74) is 0.844. The normalized spacial score (nSPS) is 10.4. The summed E-state index contributed by atoms with van der Waals surface area (Å²) in [4.78, 5) is 23.5. The van der Waals surface area contributed by atoms with Gasteiger partial charge < -0.3 is 43.0 Å². The van der Waals surface area contributed by atoms with Gasteiger partial charge in [0.15, 0.2) is 0 Å². The molecular formula is C31H46O11. The van der Waals surface area contributed by atoms with Gasteiger partial charge in [-0.1, -0.05) is 31.2 Å². The van der Waals surface area contributed by atoms with Crippen LogP contribution in [-0.2, 0) is 28.4 Å². The molecule has 0 saturated carbocycles. The van der Waals surface area contributed by atoms with Crippen molar-refractivity contribution < 1.29 is 52.6 Å². The second-order valence-electron chi connectivity index (χ2n) is 8.30. The fraction of sp³-hybridized carbons (Fsp3) is 0.548. The van der Waals surface area contributed by atoms with E-state index in [4.69, 9.17) is 43.0 Å². The lowest BCUT2D eigenvalue weighted by molar-refractivity contribution is 0.0244. The molecule has 0 aliphatic heterocycles. The highest BCUT2D eigenvalue weighted by atomic mass is 16.6. The number of carbonyl (C=O) groups is 2. The molecule has 1 N–H and O–H groups in total. The molecule has 2 rings (SSSR count). The zero-order valence-corrected chi connectivity index (χ0v) is 25.0. The Balaban J connectivity index is 0.000000420. The molecule has 0 aliphatic rings. The number of rotatable bonds is 22. The minimum atomic E-state index is -0.397. The van der Waals surface area contributed by atoms with E-state index in [2.05, 4.69) is 6.92 Å². The summed E-state index contributed by atoms with van der Waals surface area (Å²) in [5.74, 6) is 0.228. The van der Waals surface area contributed by atoms with E-state index in [0.717, 1.165) is 13.0 Å². The van der Waals surface area contributed by atoms with Gasteiger partial charge in [0.2, 0.25) is 0 Å². The molecule has 0 saturated heterocycles. The summed E-state index contributed by atoms with van der Waals surface area (Å²) in [6.45, 7) is 10.9. The minimum Gasteiger partial charge on any atom is -0.490 e. The first-order chi connectivity index (χ1) is 20.6. The number of benzene rings is 2. The Morgan fingerprint density at radius 1 is 0.548 bits per heavy atom. The third-order valence-corrected chi connectivity index (χ3v) is 5.06. The Morgan fingerprint density at radius 3 is 1.33 bits per heavy atom. The van der Waals surface area contributed by atoms with E-state index in [9.17, 15) is 9.59 Å². The van der Waals surface area contributed by atoms with Crippen molar-refractivity contribution in [2.75, 3.05) is 85.9 Å². The lowest BCUT2D eigenvalue weighted by Crippen LogP contribution is -2.13. The summed E-state index contributed by atoms with van der Waals surface area (Å²) in [6, 6.07) is 14.0. The van der Waals surface area contributed by atoms with E-state index in [1.807, 2.05) is 6.07 Å². The lowest BCUT2D eigenvalue weighted by atomic mass is 10.2. The van der Waals surface area contributed by atoms with Gasteiger partial charge >= 0.3 is 11.9 Å². The van der Waals surface area contributed by atoms with Crippen LogP contribution in [0.2, 0.25) is 0 Å². The Labute approximate surface area is 248 Å². The molecule has 0 aliphatic carbocycles. The standard InChI is InChI=1S/C16H24O5.C15H22O6/c1-3-9-18-10-11-19-12-13-21-15-8-6-5-7-14(15)16(17)20-4-2;1-2-20-15(17)13-5-3-4-6-14(13)21-12-11-19-10-9-18-8-7-16/h5-8H,3-4,9-13H2,1-2H3;3-6,16H,2,7-12H2,1H3. The molecule has 11 nitrogen and oxygen atoms in total. The van der Waals surface area contributed by atoms with Gasteiger partial charge in [-0.05, 0) is 44.5 Å². The first-order valence-corrected chi connectivity index (χ1v) is 14.3. The second kappa shape index (κ2) is 25.5. The fourth-order valence-electron chi connectivity index (χ4n) is 3.21. The topological polar surface area (TPSA) is 128 Å². The molecule has 0 radical (unpaired) electrons. The Kier molecular flexibility index (Phi) is 22.3. The average molecular weight is 595 g/mol. The number of carbonyl (C=O) groups excluding carboxylic acids is 2. The van der Waals surface area contributed by atoms with Crippen LogP contribution in [0.25, 0.3) is 0 Å². The van der Waals surface area contributed by atoms with Crippen molar-refractivity contribution in [3.63, 3.8) is 0 Å². The van der Waals surface area contributed by atoms with Crippen LogP contribution in [0, 0.1) is 0 Å². The Bertz CT molecular complexity index is 890. The summed E-state index contributed by atoms with van der Waals surface area (Å²) in [6.07, 6.45) is 1.01.